The lowest BCUT2D eigenvalue weighted by Gasteiger charge is -2.55. The number of carbonyl (C=O) groups is 1. The third-order valence-corrected chi connectivity index (χ3v) is 7.72. The minimum atomic E-state index is -0.897. The van der Waals surface area contributed by atoms with Gasteiger partial charge in [-0.3, -0.25) is 9.36 Å². The van der Waals surface area contributed by atoms with Gasteiger partial charge in [0, 0.05) is 18.2 Å². The molecule has 2 bridgehead atoms. The number of ether oxygens (including phenoxy) is 3. The van der Waals surface area contributed by atoms with E-state index in [2.05, 4.69) is 25.6 Å². The Hall–Kier alpha value is -3.32. The summed E-state index contributed by atoms with van der Waals surface area (Å²) >= 11 is 0. The number of aliphatic hydroxyl groups excluding tert-OH is 1. The number of carbonyl (C=O) groups excluding carboxylic acids is 1. The van der Waals surface area contributed by atoms with Gasteiger partial charge in [-0.1, -0.05) is 0 Å². The van der Waals surface area contributed by atoms with Crippen molar-refractivity contribution in [3.05, 3.63) is 46.5 Å². The number of hydrogen-bond acceptors (Lipinski definition) is 11. The first-order valence-corrected chi connectivity index (χ1v) is 12.3. The molecule has 3 N–H and O–H groups in total. The standard InChI is InChI=1S/C25H28N6O6.ClH/c1-35-19-5-4-16-22(30-19)31(20(33)11-26-16)13-18(32)25-8-6-24(7-9-25,14-36-25)28-10-15-2-3-17-23(29-15)37-21(34)12-27-17;/h2-5,11,18,27-28,32H,6-10,12-14H2,1H3;1H. The summed E-state index contributed by atoms with van der Waals surface area (Å²) in [7, 11) is 1.51. The van der Waals surface area contributed by atoms with Crippen LogP contribution in [0.2, 0.25) is 0 Å². The van der Waals surface area contributed by atoms with E-state index < -0.39 is 11.7 Å². The largest absolute Gasteiger partial charge is 0.481 e. The highest BCUT2D eigenvalue weighted by Gasteiger charge is 2.53. The first kappa shape index (κ1) is 26.3. The molecule has 2 saturated heterocycles. The predicted octanol–water partition coefficient (Wildman–Crippen LogP) is 1.18. The highest BCUT2D eigenvalue weighted by molar-refractivity contribution is 5.85. The molecular weight excluding hydrogens is 516 g/mol. The first-order valence-electron chi connectivity index (χ1n) is 12.3. The number of methoxy groups -OCH3 is 1. The number of pyridine rings is 2. The van der Waals surface area contributed by atoms with Crippen LogP contribution in [-0.2, 0) is 22.6 Å². The molecule has 12 nitrogen and oxygen atoms in total. The summed E-state index contributed by atoms with van der Waals surface area (Å²) in [4.78, 5) is 37.2. The van der Waals surface area contributed by atoms with Crippen LogP contribution in [0.25, 0.3) is 11.2 Å². The van der Waals surface area contributed by atoms with Gasteiger partial charge in [0.05, 0.1) is 43.4 Å². The molecule has 6 heterocycles. The number of aliphatic hydroxyl groups is 1. The molecule has 0 aromatic carbocycles. The van der Waals surface area contributed by atoms with E-state index in [1.54, 1.807) is 12.1 Å². The second-order valence-electron chi connectivity index (χ2n) is 9.89. The molecule has 3 aromatic rings. The number of aromatic nitrogens is 4. The lowest BCUT2D eigenvalue weighted by molar-refractivity contribution is -0.211. The highest BCUT2D eigenvalue weighted by atomic mass is 35.5. The Balaban J connectivity index is 0.00000294. The molecule has 1 saturated carbocycles. The van der Waals surface area contributed by atoms with Crippen LogP contribution in [0.3, 0.4) is 0 Å². The molecule has 4 aliphatic rings. The van der Waals surface area contributed by atoms with Crippen molar-refractivity contribution < 1.29 is 24.1 Å². The molecule has 3 aromatic heterocycles. The lowest BCUT2D eigenvalue weighted by Crippen LogP contribution is -2.65. The Bertz CT molecular complexity index is 1410. The quantitative estimate of drug-likeness (QED) is 0.368. The van der Waals surface area contributed by atoms with E-state index in [1.807, 2.05) is 12.1 Å². The number of nitrogens with one attached hydrogen (secondary N) is 2. The minimum Gasteiger partial charge on any atom is -0.481 e. The predicted molar refractivity (Wildman–Crippen MR) is 139 cm³/mol. The Morgan fingerprint density at radius 3 is 2.74 bits per heavy atom. The van der Waals surface area contributed by atoms with E-state index in [9.17, 15) is 14.7 Å². The van der Waals surface area contributed by atoms with Crippen molar-refractivity contribution in [3.8, 4) is 11.8 Å². The van der Waals surface area contributed by atoms with Gasteiger partial charge in [-0.15, -0.1) is 12.4 Å². The summed E-state index contributed by atoms with van der Waals surface area (Å²) in [5.41, 5.74) is 1.06. The Kier molecular flexibility index (Phi) is 6.99. The molecule has 3 aliphatic heterocycles. The second kappa shape index (κ2) is 10.1. The summed E-state index contributed by atoms with van der Waals surface area (Å²) in [5.74, 6) is 0.305. The highest BCUT2D eigenvalue weighted by Crippen LogP contribution is 2.46. The topological polar surface area (TPSA) is 150 Å². The number of hydrogen-bond donors (Lipinski definition) is 3. The number of nitrogens with zero attached hydrogens (tertiary/aromatic N) is 4. The van der Waals surface area contributed by atoms with Gasteiger partial charge in [0.2, 0.25) is 11.8 Å². The lowest BCUT2D eigenvalue weighted by atomic mass is 9.69. The van der Waals surface area contributed by atoms with Gasteiger partial charge >= 0.3 is 5.97 Å². The summed E-state index contributed by atoms with van der Waals surface area (Å²) < 4.78 is 18.2. The summed E-state index contributed by atoms with van der Waals surface area (Å²) in [6, 6.07) is 7.17. The summed E-state index contributed by atoms with van der Waals surface area (Å²) in [5, 5.41) is 17.9. The van der Waals surface area contributed by atoms with Crippen LogP contribution in [0.5, 0.6) is 11.8 Å². The van der Waals surface area contributed by atoms with Crippen molar-refractivity contribution in [2.45, 2.75) is 56.0 Å². The third-order valence-electron chi connectivity index (χ3n) is 7.72. The molecule has 3 fully saturated rings. The van der Waals surface area contributed by atoms with Gasteiger partial charge < -0.3 is 30.0 Å². The minimum absolute atomic E-state index is 0. The number of esters is 1. The van der Waals surface area contributed by atoms with E-state index in [0.717, 1.165) is 18.5 Å². The SMILES string of the molecule is COc1ccc2ncc(=O)n(CC(O)C34CCC(NCc5ccc6c(n5)OC(=O)CN6)(CC3)CO4)c2n1.Cl. The number of anilines is 1. The van der Waals surface area contributed by atoms with Crippen molar-refractivity contribution in [3.63, 3.8) is 0 Å². The van der Waals surface area contributed by atoms with Crippen LogP contribution in [0.15, 0.2) is 35.3 Å². The van der Waals surface area contributed by atoms with Crippen LogP contribution < -0.4 is 25.7 Å². The van der Waals surface area contributed by atoms with Crippen molar-refractivity contribution in [1.29, 1.82) is 0 Å². The van der Waals surface area contributed by atoms with E-state index in [-0.39, 0.29) is 42.6 Å². The smallest absolute Gasteiger partial charge is 0.332 e. The van der Waals surface area contributed by atoms with Crippen molar-refractivity contribution in [1.82, 2.24) is 24.8 Å². The Morgan fingerprint density at radius 2 is 2.00 bits per heavy atom. The Morgan fingerprint density at radius 1 is 1.18 bits per heavy atom. The van der Waals surface area contributed by atoms with Gasteiger partial charge in [0.15, 0.2) is 5.65 Å². The summed E-state index contributed by atoms with van der Waals surface area (Å²) in [6.07, 6.45) is 3.26. The van der Waals surface area contributed by atoms with Crippen molar-refractivity contribution >= 4 is 35.2 Å². The van der Waals surface area contributed by atoms with E-state index in [4.69, 9.17) is 14.2 Å². The van der Waals surface area contributed by atoms with E-state index >= 15 is 0 Å². The number of rotatable bonds is 7. The molecule has 13 heteroatoms. The molecule has 0 radical (unpaired) electrons. The van der Waals surface area contributed by atoms with Gasteiger partial charge in [0.25, 0.3) is 5.56 Å². The van der Waals surface area contributed by atoms with Crippen LogP contribution in [-0.4, -0.2) is 68.1 Å². The van der Waals surface area contributed by atoms with Gasteiger partial charge in [-0.2, -0.15) is 4.98 Å². The molecule has 1 atom stereocenters. The van der Waals surface area contributed by atoms with Crippen LogP contribution in [0.1, 0.15) is 31.4 Å². The molecule has 0 amide bonds. The maximum Gasteiger partial charge on any atom is 0.332 e. The van der Waals surface area contributed by atoms with Gasteiger partial charge in [-0.05, 0) is 43.9 Å². The number of halogens is 1. The van der Waals surface area contributed by atoms with Crippen LogP contribution >= 0.6 is 12.4 Å². The maximum absolute atomic E-state index is 12.7. The number of fused-ring (bicyclic) bond motifs is 5. The van der Waals surface area contributed by atoms with Crippen molar-refractivity contribution in [2.24, 2.45) is 0 Å². The zero-order valence-electron chi connectivity index (χ0n) is 20.8. The average molecular weight is 545 g/mol. The Labute approximate surface area is 224 Å². The third kappa shape index (κ3) is 4.68. The van der Waals surface area contributed by atoms with E-state index in [0.29, 0.717) is 54.6 Å². The van der Waals surface area contributed by atoms with Crippen LogP contribution in [0.4, 0.5) is 5.69 Å². The zero-order valence-corrected chi connectivity index (χ0v) is 21.6. The molecule has 38 heavy (non-hydrogen) atoms. The molecule has 202 valence electrons. The normalized spacial score (nSPS) is 24.6. The second-order valence-corrected chi connectivity index (χ2v) is 9.89. The maximum atomic E-state index is 12.7. The first-order chi connectivity index (χ1) is 17.9. The fourth-order valence-corrected chi connectivity index (χ4v) is 5.41. The molecule has 1 aliphatic carbocycles. The molecule has 7 rings (SSSR count). The van der Waals surface area contributed by atoms with Crippen LogP contribution in [0, 0.1) is 0 Å². The molecule has 1 unspecified atom stereocenters. The fourth-order valence-electron chi connectivity index (χ4n) is 5.41. The molecule has 0 spiro atoms. The zero-order chi connectivity index (χ0) is 25.6. The van der Waals surface area contributed by atoms with E-state index in [1.165, 1.54) is 17.9 Å². The molecular formula is C25H29ClN6O6. The summed E-state index contributed by atoms with van der Waals surface area (Å²) in [6.45, 7) is 1.11. The monoisotopic (exact) mass is 544 g/mol. The van der Waals surface area contributed by atoms with Gasteiger partial charge in [0.1, 0.15) is 18.2 Å². The van der Waals surface area contributed by atoms with Gasteiger partial charge in [-0.25, -0.2) is 14.8 Å². The van der Waals surface area contributed by atoms with Crippen molar-refractivity contribution in [2.75, 3.05) is 25.6 Å². The average Bonchev–Trinajstić information content (AvgIpc) is 2.94. The fraction of sp³-hybridized carbons (Fsp3) is 0.480.